The molecule has 2 nitrogen and oxygen atoms in total. The first-order chi connectivity index (χ1) is 8.79. The highest BCUT2D eigenvalue weighted by molar-refractivity contribution is 5.85. The zero-order valence-corrected chi connectivity index (χ0v) is 10.8. The third-order valence-corrected chi connectivity index (χ3v) is 2.73. The van der Waals surface area contributed by atoms with Gasteiger partial charge in [0.25, 0.3) is 0 Å². The Morgan fingerprint density at radius 2 is 2.06 bits per heavy atom. The van der Waals surface area contributed by atoms with Gasteiger partial charge in [-0.3, -0.25) is 4.79 Å². The van der Waals surface area contributed by atoms with E-state index in [1.54, 1.807) is 6.07 Å². The Bertz CT molecular complexity index is 431. The molecule has 0 aliphatic heterocycles. The summed E-state index contributed by atoms with van der Waals surface area (Å²) < 4.78 is 0. The third-order valence-electron chi connectivity index (χ3n) is 2.73. The van der Waals surface area contributed by atoms with Gasteiger partial charge in [0.15, 0.2) is 6.29 Å². The predicted molar refractivity (Wildman–Crippen MR) is 75.8 cm³/mol. The largest absolute Gasteiger partial charge is 0.507 e. The number of aldehydes is 1. The Morgan fingerprint density at radius 3 is 2.78 bits per heavy atom. The average molecular weight is 244 g/mol. The summed E-state index contributed by atoms with van der Waals surface area (Å²) in [7, 11) is 0. The topological polar surface area (TPSA) is 37.3 Å². The summed E-state index contributed by atoms with van der Waals surface area (Å²) in [5.41, 5.74) is 1.08. The number of allylic oxidation sites excluding steroid dienone is 3. The highest BCUT2D eigenvalue weighted by Crippen LogP contribution is 2.19. The minimum Gasteiger partial charge on any atom is -0.507 e. The van der Waals surface area contributed by atoms with Crippen LogP contribution in [0.4, 0.5) is 0 Å². The van der Waals surface area contributed by atoms with Gasteiger partial charge in [0.1, 0.15) is 5.75 Å². The van der Waals surface area contributed by atoms with E-state index in [-0.39, 0.29) is 5.75 Å². The monoisotopic (exact) mass is 244 g/mol. The molecule has 1 aromatic rings. The molecule has 0 bridgehead atoms. The summed E-state index contributed by atoms with van der Waals surface area (Å²) in [5.74, 6) is 0.0269. The van der Waals surface area contributed by atoms with Crippen molar-refractivity contribution in [2.75, 3.05) is 0 Å². The molecule has 0 unspecified atom stereocenters. The molecular formula is C16H20O2. The van der Waals surface area contributed by atoms with Crippen LogP contribution < -0.4 is 0 Å². The number of hydrogen-bond donors (Lipinski definition) is 1. The molecule has 0 amide bonds. The number of carbonyl (C=O) groups is 1. The molecule has 1 aromatic carbocycles. The number of phenols is 1. The van der Waals surface area contributed by atoms with Gasteiger partial charge in [-0.2, -0.15) is 0 Å². The molecule has 0 fully saturated rings. The zero-order valence-electron chi connectivity index (χ0n) is 10.8. The van der Waals surface area contributed by atoms with Crippen LogP contribution in [0, 0.1) is 0 Å². The molecule has 0 aliphatic rings. The average Bonchev–Trinajstić information content (AvgIpc) is 2.38. The molecule has 0 saturated carbocycles. The summed E-state index contributed by atoms with van der Waals surface area (Å²) >= 11 is 0. The van der Waals surface area contributed by atoms with Crippen molar-refractivity contribution in [1.82, 2.24) is 0 Å². The number of carbonyl (C=O) groups excluding carboxylic acids is 1. The Balaban J connectivity index is 2.56. The molecule has 2 heteroatoms. The Labute approximate surface area is 109 Å². The van der Waals surface area contributed by atoms with Crippen LogP contribution in [0.1, 0.15) is 48.5 Å². The van der Waals surface area contributed by atoms with Gasteiger partial charge in [-0.05, 0) is 24.5 Å². The molecule has 0 radical (unpaired) electrons. The molecular weight excluding hydrogens is 224 g/mol. The fourth-order valence-corrected chi connectivity index (χ4v) is 1.69. The van der Waals surface area contributed by atoms with Gasteiger partial charge in [0, 0.05) is 0 Å². The summed E-state index contributed by atoms with van der Waals surface area (Å²) in [4.78, 5) is 10.8. The lowest BCUT2D eigenvalue weighted by molar-refractivity contribution is 0.112. The summed E-state index contributed by atoms with van der Waals surface area (Å²) in [5, 5.41) is 9.51. The molecule has 1 N–H and O–H groups in total. The van der Waals surface area contributed by atoms with E-state index < -0.39 is 0 Å². The van der Waals surface area contributed by atoms with E-state index in [1.807, 2.05) is 24.3 Å². The lowest BCUT2D eigenvalue weighted by atomic mass is 10.1. The van der Waals surface area contributed by atoms with E-state index >= 15 is 0 Å². The Kier molecular flexibility index (Phi) is 6.55. The number of benzene rings is 1. The fraction of sp³-hybridized carbons (Fsp3) is 0.312. The Morgan fingerprint density at radius 1 is 1.22 bits per heavy atom. The molecule has 0 aromatic heterocycles. The first-order valence-corrected chi connectivity index (χ1v) is 6.40. The van der Waals surface area contributed by atoms with Crippen molar-refractivity contribution < 1.29 is 9.90 Å². The van der Waals surface area contributed by atoms with Crippen molar-refractivity contribution in [1.29, 1.82) is 0 Å². The van der Waals surface area contributed by atoms with Gasteiger partial charge < -0.3 is 5.11 Å². The smallest absolute Gasteiger partial charge is 0.154 e. The molecule has 1 rings (SSSR count). The molecule has 0 heterocycles. The van der Waals surface area contributed by atoms with Crippen molar-refractivity contribution in [2.24, 2.45) is 0 Å². The van der Waals surface area contributed by atoms with Gasteiger partial charge in [0.05, 0.1) is 5.56 Å². The zero-order chi connectivity index (χ0) is 13.2. The molecule has 0 spiro atoms. The van der Waals surface area contributed by atoms with E-state index in [0.717, 1.165) is 12.0 Å². The second-order valence-electron chi connectivity index (χ2n) is 4.18. The maximum atomic E-state index is 10.8. The maximum absolute atomic E-state index is 10.8. The van der Waals surface area contributed by atoms with Crippen molar-refractivity contribution in [3.8, 4) is 5.75 Å². The SMILES string of the molecule is CCCCC/C=C/C=C/c1cccc(O)c1C=O. The normalized spacial score (nSPS) is 11.4. The number of unbranched alkanes of at least 4 members (excludes halogenated alkanes) is 3. The van der Waals surface area contributed by atoms with Crippen LogP contribution in [0.2, 0.25) is 0 Å². The molecule has 0 aliphatic carbocycles. The van der Waals surface area contributed by atoms with Crippen molar-refractivity contribution in [2.45, 2.75) is 32.6 Å². The van der Waals surface area contributed by atoms with Gasteiger partial charge in [-0.15, -0.1) is 0 Å². The van der Waals surface area contributed by atoms with Crippen molar-refractivity contribution in [3.05, 3.63) is 47.6 Å². The Hall–Kier alpha value is -1.83. The van der Waals surface area contributed by atoms with Crippen LogP contribution in [0.15, 0.2) is 36.4 Å². The molecule has 96 valence electrons. The number of aromatic hydroxyl groups is 1. The van der Waals surface area contributed by atoms with Gasteiger partial charge in [0.2, 0.25) is 0 Å². The van der Waals surface area contributed by atoms with Crippen LogP contribution in [0.5, 0.6) is 5.75 Å². The highest BCUT2D eigenvalue weighted by atomic mass is 16.3. The van der Waals surface area contributed by atoms with Crippen LogP contribution in [0.25, 0.3) is 6.08 Å². The quantitative estimate of drug-likeness (QED) is 0.439. The summed E-state index contributed by atoms with van der Waals surface area (Å²) in [6.45, 7) is 2.19. The second kappa shape index (κ2) is 8.29. The van der Waals surface area contributed by atoms with Crippen molar-refractivity contribution in [3.63, 3.8) is 0 Å². The van der Waals surface area contributed by atoms with E-state index in [2.05, 4.69) is 13.0 Å². The number of hydrogen-bond acceptors (Lipinski definition) is 2. The highest BCUT2D eigenvalue weighted by Gasteiger charge is 2.02. The number of rotatable bonds is 7. The minimum atomic E-state index is 0.0269. The lowest BCUT2D eigenvalue weighted by Gasteiger charge is -2.00. The lowest BCUT2D eigenvalue weighted by Crippen LogP contribution is -1.86. The minimum absolute atomic E-state index is 0.0269. The van der Waals surface area contributed by atoms with E-state index in [4.69, 9.17) is 0 Å². The molecule has 18 heavy (non-hydrogen) atoms. The first-order valence-electron chi connectivity index (χ1n) is 6.40. The maximum Gasteiger partial charge on any atom is 0.154 e. The molecule has 0 saturated heterocycles. The predicted octanol–water partition coefficient (Wildman–Crippen LogP) is 4.35. The van der Waals surface area contributed by atoms with E-state index in [9.17, 15) is 9.90 Å². The fourth-order valence-electron chi connectivity index (χ4n) is 1.69. The first kappa shape index (κ1) is 14.2. The summed E-state index contributed by atoms with van der Waals surface area (Å²) in [6.07, 6.45) is 13.3. The standard InChI is InChI=1S/C16H20O2/c1-2-3-4-5-6-7-8-10-14-11-9-12-16(18)15(14)13-17/h6-13,18H,2-5H2,1H3/b7-6+,10-8+. The third kappa shape index (κ3) is 4.58. The van der Waals surface area contributed by atoms with Crippen LogP contribution in [0.3, 0.4) is 0 Å². The summed E-state index contributed by atoms with van der Waals surface area (Å²) in [6, 6.07) is 5.06. The second-order valence-corrected chi connectivity index (χ2v) is 4.18. The van der Waals surface area contributed by atoms with Crippen LogP contribution >= 0.6 is 0 Å². The van der Waals surface area contributed by atoms with Gasteiger partial charge in [-0.1, -0.05) is 56.2 Å². The van der Waals surface area contributed by atoms with Gasteiger partial charge >= 0.3 is 0 Å². The van der Waals surface area contributed by atoms with Crippen molar-refractivity contribution >= 4 is 12.4 Å². The van der Waals surface area contributed by atoms with E-state index in [0.29, 0.717) is 11.8 Å². The number of phenolic OH excluding ortho intramolecular Hbond substituents is 1. The van der Waals surface area contributed by atoms with Crippen LogP contribution in [-0.4, -0.2) is 11.4 Å². The van der Waals surface area contributed by atoms with Gasteiger partial charge in [-0.25, -0.2) is 0 Å². The molecule has 0 atom stereocenters. The van der Waals surface area contributed by atoms with Crippen LogP contribution in [-0.2, 0) is 0 Å². The van der Waals surface area contributed by atoms with E-state index in [1.165, 1.54) is 25.3 Å².